The van der Waals surface area contributed by atoms with Gasteiger partial charge >= 0.3 is 0 Å². The average molecular weight is 193 g/mol. The molecular formula is C4H10N2NiO3. The van der Waals surface area contributed by atoms with Crippen molar-refractivity contribution in [3.05, 3.63) is 0 Å². The van der Waals surface area contributed by atoms with E-state index in [1.165, 1.54) is 13.8 Å². The van der Waals surface area contributed by atoms with Gasteiger partial charge in [0.1, 0.15) is 11.4 Å². The monoisotopic (exact) mass is 192 g/mol. The molecule has 0 unspecified atom stereocenters. The molecule has 0 aliphatic rings. The zero-order chi connectivity index (χ0) is 6.57. The van der Waals surface area contributed by atoms with Crippen LogP contribution >= 0.6 is 0 Å². The van der Waals surface area contributed by atoms with Crippen LogP contribution in [0.1, 0.15) is 13.8 Å². The molecule has 0 amide bonds. The summed E-state index contributed by atoms with van der Waals surface area (Å²) in [5.41, 5.74) is 0.625. The van der Waals surface area contributed by atoms with E-state index in [2.05, 4.69) is 10.3 Å². The SMILES string of the molecule is CC(=N\O)/C(C)=N/O.O.[Ni]. The molecule has 0 radical (unpaired) electrons. The van der Waals surface area contributed by atoms with Gasteiger partial charge in [-0.05, 0) is 13.8 Å². The van der Waals surface area contributed by atoms with Crippen LogP contribution in [-0.4, -0.2) is 27.3 Å². The maximum atomic E-state index is 8.03. The van der Waals surface area contributed by atoms with Crippen molar-refractivity contribution in [2.75, 3.05) is 0 Å². The summed E-state index contributed by atoms with van der Waals surface area (Å²) in [6.45, 7) is 3.07. The Morgan fingerprint density at radius 1 is 1.00 bits per heavy atom. The summed E-state index contributed by atoms with van der Waals surface area (Å²) in [4.78, 5) is 0. The maximum absolute atomic E-state index is 8.03. The molecule has 0 aromatic heterocycles. The van der Waals surface area contributed by atoms with Crippen LogP contribution in [0.4, 0.5) is 0 Å². The van der Waals surface area contributed by atoms with E-state index in [9.17, 15) is 0 Å². The molecule has 64 valence electrons. The predicted octanol–water partition coefficient (Wildman–Crippen LogP) is -0.141. The molecule has 10 heavy (non-hydrogen) atoms. The van der Waals surface area contributed by atoms with Gasteiger partial charge in [-0.1, -0.05) is 10.3 Å². The molecule has 0 aromatic carbocycles. The van der Waals surface area contributed by atoms with Gasteiger partial charge in [0.05, 0.1) is 0 Å². The first-order valence-electron chi connectivity index (χ1n) is 2.10. The largest absolute Gasteiger partial charge is 0.412 e. The van der Waals surface area contributed by atoms with Crippen molar-refractivity contribution in [2.45, 2.75) is 13.8 Å². The molecule has 0 aliphatic heterocycles. The summed E-state index contributed by atoms with van der Waals surface area (Å²) in [6.07, 6.45) is 0. The number of rotatable bonds is 1. The second-order valence-corrected chi connectivity index (χ2v) is 1.37. The van der Waals surface area contributed by atoms with E-state index in [0.29, 0.717) is 11.4 Å². The van der Waals surface area contributed by atoms with Gasteiger partial charge in [0.25, 0.3) is 0 Å². The Hall–Kier alpha value is -0.606. The average Bonchev–Trinajstić information content (AvgIpc) is 1.84. The van der Waals surface area contributed by atoms with Gasteiger partial charge in [0.15, 0.2) is 0 Å². The number of hydrogen-bond acceptors (Lipinski definition) is 4. The van der Waals surface area contributed by atoms with Crippen LogP contribution in [0.25, 0.3) is 0 Å². The van der Waals surface area contributed by atoms with E-state index in [0.717, 1.165) is 0 Å². The first-order valence-corrected chi connectivity index (χ1v) is 2.10. The van der Waals surface area contributed by atoms with Crippen molar-refractivity contribution in [1.29, 1.82) is 0 Å². The summed E-state index contributed by atoms with van der Waals surface area (Å²) in [7, 11) is 0. The number of nitrogens with zero attached hydrogens (tertiary/aromatic N) is 2. The Balaban J connectivity index is -0.000000245. The Morgan fingerprint density at radius 3 is 1.30 bits per heavy atom. The van der Waals surface area contributed by atoms with Gasteiger partial charge in [-0.2, -0.15) is 0 Å². The van der Waals surface area contributed by atoms with E-state index in [1.807, 2.05) is 0 Å². The van der Waals surface area contributed by atoms with E-state index in [-0.39, 0.29) is 22.0 Å². The van der Waals surface area contributed by atoms with Gasteiger partial charge in [-0.3, -0.25) is 0 Å². The molecular weight excluding hydrogens is 183 g/mol. The fourth-order valence-corrected chi connectivity index (χ4v) is 0.145. The Kier molecular flexibility index (Phi) is 13.6. The summed E-state index contributed by atoms with van der Waals surface area (Å²) in [6, 6.07) is 0. The standard InChI is InChI=1S/C4H8N2O2.Ni.H2O/c1-3(5-7)4(2)6-8;;/h7-8H,1-2H3;;1H2/b5-3+,6-4+;;. The van der Waals surface area contributed by atoms with Gasteiger partial charge < -0.3 is 15.9 Å². The summed E-state index contributed by atoms with van der Waals surface area (Å²) >= 11 is 0. The van der Waals surface area contributed by atoms with Crippen molar-refractivity contribution < 1.29 is 32.4 Å². The normalized spacial score (nSPS) is 11.4. The Bertz CT molecular complexity index is 118. The number of hydrogen-bond donors (Lipinski definition) is 2. The molecule has 5 nitrogen and oxygen atoms in total. The first-order chi connectivity index (χ1) is 3.72. The molecule has 0 bridgehead atoms. The second kappa shape index (κ2) is 8.39. The van der Waals surface area contributed by atoms with Crippen LogP contribution in [0.15, 0.2) is 10.3 Å². The van der Waals surface area contributed by atoms with Crippen LogP contribution in [0, 0.1) is 0 Å². The molecule has 0 atom stereocenters. The topological polar surface area (TPSA) is 96.7 Å². The first kappa shape index (κ1) is 16.2. The van der Waals surface area contributed by atoms with Crippen LogP contribution in [-0.2, 0) is 16.5 Å². The Morgan fingerprint density at radius 2 is 1.20 bits per heavy atom. The van der Waals surface area contributed by atoms with Crippen molar-refractivity contribution >= 4 is 11.4 Å². The predicted molar refractivity (Wildman–Crippen MR) is 33.4 cm³/mol. The van der Waals surface area contributed by atoms with Gasteiger partial charge in [-0.25, -0.2) is 0 Å². The second-order valence-electron chi connectivity index (χ2n) is 1.37. The van der Waals surface area contributed by atoms with E-state index >= 15 is 0 Å². The van der Waals surface area contributed by atoms with Crippen LogP contribution in [0.2, 0.25) is 0 Å². The smallest absolute Gasteiger partial charge is 0.101 e. The van der Waals surface area contributed by atoms with E-state index in [1.54, 1.807) is 0 Å². The van der Waals surface area contributed by atoms with Gasteiger partial charge in [0, 0.05) is 16.5 Å². The zero-order valence-corrected chi connectivity index (χ0v) is 6.59. The molecule has 4 N–H and O–H groups in total. The maximum Gasteiger partial charge on any atom is 0.101 e. The van der Waals surface area contributed by atoms with Crippen LogP contribution < -0.4 is 0 Å². The third kappa shape index (κ3) is 5.53. The fraction of sp³-hybridized carbons (Fsp3) is 0.500. The van der Waals surface area contributed by atoms with Crippen molar-refractivity contribution in [2.24, 2.45) is 10.3 Å². The fourth-order valence-electron chi connectivity index (χ4n) is 0.145. The van der Waals surface area contributed by atoms with E-state index in [4.69, 9.17) is 10.4 Å². The van der Waals surface area contributed by atoms with Crippen molar-refractivity contribution in [3.63, 3.8) is 0 Å². The van der Waals surface area contributed by atoms with Crippen molar-refractivity contribution in [3.8, 4) is 0 Å². The van der Waals surface area contributed by atoms with Crippen LogP contribution in [0.5, 0.6) is 0 Å². The summed E-state index contributed by atoms with van der Waals surface area (Å²) in [5, 5.41) is 21.6. The Labute approximate surface area is 68.6 Å². The molecule has 0 aliphatic carbocycles. The molecule has 0 heterocycles. The number of oxime groups is 2. The van der Waals surface area contributed by atoms with Gasteiger partial charge in [-0.15, -0.1) is 0 Å². The minimum absolute atomic E-state index is 0. The van der Waals surface area contributed by atoms with Gasteiger partial charge in [0.2, 0.25) is 0 Å². The molecule has 0 saturated heterocycles. The molecule has 6 heteroatoms. The quantitative estimate of drug-likeness (QED) is 0.262. The minimum Gasteiger partial charge on any atom is -0.412 e. The third-order valence-electron chi connectivity index (χ3n) is 0.824. The molecule has 0 aromatic rings. The summed E-state index contributed by atoms with van der Waals surface area (Å²) < 4.78 is 0. The molecule has 0 rings (SSSR count). The van der Waals surface area contributed by atoms with Crippen LogP contribution in [0.3, 0.4) is 0 Å². The minimum atomic E-state index is 0. The summed E-state index contributed by atoms with van der Waals surface area (Å²) in [5.74, 6) is 0. The molecule has 0 saturated carbocycles. The third-order valence-corrected chi connectivity index (χ3v) is 0.824. The zero-order valence-electron chi connectivity index (χ0n) is 5.61. The van der Waals surface area contributed by atoms with Crippen molar-refractivity contribution in [1.82, 2.24) is 0 Å². The molecule has 0 spiro atoms. The van der Waals surface area contributed by atoms with E-state index < -0.39 is 0 Å². The molecule has 0 fully saturated rings.